The first-order chi connectivity index (χ1) is 10.0. The minimum Gasteiger partial charge on any atom is -0.462 e. The minimum absolute atomic E-state index is 0.195. The Morgan fingerprint density at radius 3 is 2.62 bits per heavy atom. The standard InChI is InChI=1S/C15H13Cl2NO3/c1-2-20-15(19)9-5-3-7-11(18)14(9)21-12-8-4-6-10(16)13(12)17/h3-8H,2,18H2,1H3. The second-order valence-corrected chi connectivity index (χ2v) is 4.88. The van der Waals surface area contributed by atoms with E-state index in [1.807, 2.05) is 0 Å². The van der Waals surface area contributed by atoms with Crippen LogP contribution in [-0.4, -0.2) is 12.6 Å². The molecule has 4 nitrogen and oxygen atoms in total. The molecular weight excluding hydrogens is 313 g/mol. The molecule has 0 saturated heterocycles. The van der Waals surface area contributed by atoms with E-state index in [4.69, 9.17) is 38.4 Å². The van der Waals surface area contributed by atoms with Gasteiger partial charge in [-0.2, -0.15) is 0 Å². The molecule has 0 aliphatic heterocycles. The first-order valence-corrected chi connectivity index (χ1v) is 6.97. The number of hydrogen-bond acceptors (Lipinski definition) is 4. The van der Waals surface area contributed by atoms with Crippen molar-refractivity contribution in [3.63, 3.8) is 0 Å². The van der Waals surface area contributed by atoms with Gasteiger partial charge >= 0.3 is 5.97 Å². The van der Waals surface area contributed by atoms with E-state index >= 15 is 0 Å². The zero-order valence-electron chi connectivity index (χ0n) is 11.2. The number of nitrogens with two attached hydrogens (primary N) is 1. The molecule has 21 heavy (non-hydrogen) atoms. The van der Waals surface area contributed by atoms with Crippen molar-refractivity contribution in [2.24, 2.45) is 0 Å². The van der Waals surface area contributed by atoms with Gasteiger partial charge in [0.15, 0.2) is 5.75 Å². The fraction of sp³-hybridized carbons (Fsp3) is 0.133. The molecule has 0 aliphatic carbocycles. The lowest BCUT2D eigenvalue weighted by atomic mass is 10.1. The number of halogens is 2. The van der Waals surface area contributed by atoms with Crippen LogP contribution in [-0.2, 0) is 4.74 Å². The Labute approximate surface area is 132 Å². The Hall–Kier alpha value is -1.91. The van der Waals surface area contributed by atoms with Gasteiger partial charge < -0.3 is 15.2 Å². The molecule has 0 aliphatic rings. The molecule has 2 aromatic rings. The van der Waals surface area contributed by atoms with E-state index in [0.717, 1.165) is 0 Å². The number of benzene rings is 2. The van der Waals surface area contributed by atoms with Gasteiger partial charge in [0, 0.05) is 0 Å². The third-order valence-electron chi connectivity index (χ3n) is 2.67. The van der Waals surface area contributed by atoms with Gasteiger partial charge in [-0.25, -0.2) is 4.79 Å². The zero-order chi connectivity index (χ0) is 15.4. The number of carbonyl (C=O) groups is 1. The van der Waals surface area contributed by atoms with E-state index in [0.29, 0.717) is 16.5 Å². The van der Waals surface area contributed by atoms with Crippen molar-refractivity contribution in [1.29, 1.82) is 0 Å². The lowest BCUT2D eigenvalue weighted by Gasteiger charge is -2.14. The molecule has 2 N–H and O–H groups in total. The fourth-order valence-corrected chi connectivity index (χ4v) is 2.04. The quantitative estimate of drug-likeness (QED) is 0.662. The van der Waals surface area contributed by atoms with Gasteiger partial charge in [-0.3, -0.25) is 0 Å². The van der Waals surface area contributed by atoms with Gasteiger partial charge in [0.05, 0.1) is 17.3 Å². The summed E-state index contributed by atoms with van der Waals surface area (Å²) in [4.78, 5) is 11.9. The summed E-state index contributed by atoms with van der Waals surface area (Å²) in [5, 5.41) is 0.596. The Morgan fingerprint density at radius 2 is 1.90 bits per heavy atom. The summed E-state index contributed by atoms with van der Waals surface area (Å²) in [5.74, 6) is -0.00863. The first-order valence-electron chi connectivity index (χ1n) is 6.22. The molecule has 6 heteroatoms. The summed E-state index contributed by atoms with van der Waals surface area (Å²) in [6.45, 7) is 1.98. The Bertz CT molecular complexity index is 674. The van der Waals surface area contributed by atoms with Gasteiger partial charge in [0.2, 0.25) is 0 Å². The van der Waals surface area contributed by atoms with Crippen molar-refractivity contribution in [2.45, 2.75) is 6.92 Å². The monoisotopic (exact) mass is 325 g/mol. The van der Waals surface area contributed by atoms with Gasteiger partial charge in [0.1, 0.15) is 16.3 Å². The average Bonchev–Trinajstić information content (AvgIpc) is 2.46. The zero-order valence-corrected chi connectivity index (χ0v) is 12.7. The smallest absolute Gasteiger partial charge is 0.342 e. The summed E-state index contributed by atoms with van der Waals surface area (Å²) < 4.78 is 10.7. The van der Waals surface area contributed by atoms with Crippen molar-refractivity contribution >= 4 is 34.9 Å². The SMILES string of the molecule is CCOC(=O)c1cccc(N)c1Oc1cccc(Cl)c1Cl. The maximum absolute atomic E-state index is 11.9. The predicted octanol–water partition coefficient (Wildman–Crippen LogP) is 4.54. The number of ether oxygens (including phenoxy) is 2. The molecule has 2 rings (SSSR count). The van der Waals surface area contributed by atoms with E-state index in [9.17, 15) is 4.79 Å². The van der Waals surface area contributed by atoms with Crippen LogP contribution < -0.4 is 10.5 Å². The highest BCUT2D eigenvalue weighted by atomic mass is 35.5. The van der Waals surface area contributed by atoms with E-state index in [1.54, 1.807) is 43.3 Å². The molecule has 0 amide bonds. The molecule has 0 heterocycles. The van der Waals surface area contributed by atoms with Crippen LogP contribution in [0.3, 0.4) is 0 Å². The lowest BCUT2D eigenvalue weighted by molar-refractivity contribution is 0.0523. The highest BCUT2D eigenvalue weighted by molar-refractivity contribution is 6.42. The molecule has 0 bridgehead atoms. The summed E-state index contributed by atoms with van der Waals surface area (Å²) in [6, 6.07) is 9.80. The van der Waals surface area contributed by atoms with Crippen molar-refractivity contribution in [3.05, 3.63) is 52.0 Å². The number of nitrogen functional groups attached to an aromatic ring is 1. The normalized spacial score (nSPS) is 10.2. The maximum atomic E-state index is 11.9. The molecule has 2 aromatic carbocycles. The fourth-order valence-electron chi connectivity index (χ4n) is 1.71. The third kappa shape index (κ3) is 3.40. The van der Waals surface area contributed by atoms with E-state index in [-0.39, 0.29) is 22.9 Å². The van der Waals surface area contributed by atoms with Crippen LogP contribution in [0.25, 0.3) is 0 Å². The second kappa shape index (κ2) is 6.70. The summed E-state index contributed by atoms with van der Waals surface area (Å²) in [7, 11) is 0. The Morgan fingerprint density at radius 1 is 1.19 bits per heavy atom. The number of esters is 1. The molecule has 0 unspecified atom stereocenters. The lowest BCUT2D eigenvalue weighted by Crippen LogP contribution is -2.08. The van der Waals surface area contributed by atoms with Crippen LogP contribution in [0.5, 0.6) is 11.5 Å². The van der Waals surface area contributed by atoms with E-state index in [2.05, 4.69) is 0 Å². The van der Waals surface area contributed by atoms with Crippen LogP contribution in [0.1, 0.15) is 17.3 Å². The van der Waals surface area contributed by atoms with E-state index in [1.165, 1.54) is 0 Å². The summed E-state index contributed by atoms with van der Waals surface area (Å²) in [5.41, 5.74) is 6.41. The number of para-hydroxylation sites is 1. The number of hydrogen-bond donors (Lipinski definition) is 1. The maximum Gasteiger partial charge on any atom is 0.342 e. The van der Waals surface area contributed by atoms with Crippen molar-refractivity contribution < 1.29 is 14.3 Å². The topological polar surface area (TPSA) is 61.5 Å². The molecule has 110 valence electrons. The molecule has 0 aromatic heterocycles. The number of anilines is 1. The molecule has 0 saturated carbocycles. The van der Waals surface area contributed by atoms with Crippen LogP contribution >= 0.6 is 23.2 Å². The minimum atomic E-state index is -0.516. The van der Waals surface area contributed by atoms with E-state index < -0.39 is 5.97 Å². The number of carbonyl (C=O) groups excluding carboxylic acids is 1. The molecule has 0 atom stereocenters. The molecule has 0 fully saturated rings. The summed E-state index contributed by atoms with van der Waals surface area (Å²) in [6.07, 6.45) is 0. The third-order valence-corrected chi connectivity index (χ3v) is 3.47. The van der Waals surface area contributed by atoms with Gasteiger partial charge in [-0.15, -0.1) is 0 Å². The van der Waals surface area contributed by atoms with Crippen molar-refractivity contribution in [3.8, 4) is 11.5 Å². The first kappa shape index (κ1) is 15.5. The largest absolute Gasteiger partial charge is 0.462 e. The molecule has 0 spiro atoms. The Kier molecular flexibility index (Phi) is 4.94. The van der Waals surface area contributed by atoms with Crippen LogP contribution in [0.4, 0.5) is 5.69 Å². The average molecular weight is 326 g/mol. The van der Waals surface area contributed by atoms with Crippen molar-refractivity contribution in [2.75, 3.05) is 12.3 Å². The highest BCUT2D eigenvalue weighted by Crippen LogP contribution is 2.38. The predicted molar refractivity (Wildman–Crippen MR) is 83.3 cm³/mol. The van der Waals surface area contributed by atoms with Gasteiger partial charge in [-0.1, -0.05) is 35.3 Å². The highest BCUT2D eigenvalue weighted by Gasteiger charge is 2.18. The van der Waals surface area contributed by atoms with Crippen LogP contribution in [0.2, 0.25) is 10.0 Å². The summed E-state index contributed by atoms with van der Waals surface area (Å²) >= 11 is 12.0. The second-order valence-electron chi connectivity index (χ2n) is 4.10. The van der Waals surface area contributed by atoms with Crippen molar-refractivity contribution in [1.82, 2.24) is 0 Å². The van der Waals surface area contributed by atoms with Crippen LogP contribution in [0, 0.1) is 0 Å². The molecule has 0 radical (unpaired) electrons. The molecular formula is C15H13Cl2NO3. The van der Waals surface area contributed by atoms with Gasteiger partial charge in [-0.05, 0) is 31.2 Å². The number of rotatable bonds is 4. The van der Waals surface area contributed by atoms with Crippen LogP contribution in [0.15, 0.2) is 36.4 Å². The Balaban J connectivity index is 2.44. The van der Waals surface area contributed by atoms with Gasteiger partial charge in [0.25, 0.3) is 0 Å².